The molecule has 4 rings (SSSR count). The summed E-state index contributed by atoms with van der Waals surface area (Å²) in [4.78, 5) is 0. The van der Waals surface area contributed by atoms with Gasteiger partial charge in [0.1, 0.15) is 0 Å². The van der Waals surface area contributed by atoms with Gasteiger partial charge in [-0.2, -0.15) is 0 Å². The maximum absolute atomic E-state index is 5.38. The molecule has 152 valence electrons. The van der Waals surface area contributed by atoms with Crippen LogP contribution in [0, 0.1) is 0 Å². The molecule has 2 aromatic rings. The Hall–Kier alpha value is -2.44. The fourth-order valence-electron chi connectivity index (χ4n) is 3.71. The van der Waals surface area contributed by atoms with Gasteiger partial charge in [0, 0.05) is 18.7 Å². The lowest BCUT2D eigenvalue weighted by Crippen LogP contribution is -2.24. The molecule has 0 aromatic heterocycles. The summed E-state index contributed by atoms with van der Waals surface area (Å²) in [6.45, 7) is 3.91. The summed E-state index contributed by atoms with van der Waals surface area (Å²) in [6.07, 6.45) is 2.07. The number of ether oxygens (including phenoxy) is 4. The molecular formula is C22H30N2O4. The molecule has 0 bridgehead atoms. The van der Waals surface area contributed by atoms with Crippen LogP contribution in [0.25, 0.3) is 0 Å². The summed E-state index contributed by atoms with van der Waals surface area (Å²) < 4.78 is 21.1. The van der Waals surface area contributed by atoms with Gasteiger partial charge in [-0.1, -0.05) is 6.07 Å². The summed E-state index contributed by atoms with van der Waals surface area (Å²) in [6, 6.07) is 8.20. The van der Waals surface area contributed by atoms with Crippen LogP contribution in [0.3, 0.4) is 0 Å². The van der Waals surface area contributed by atoms with Crippen LogP contribution in [-0.4, -0.2) is 41.5 Å². The predicted octanol–water partition coefficient (Wildman–Crippen LogP) is 2.70. The van der Waals surface area contributed by atoms with Gasteiger partial charge in [0.05, 0.1) is 28.4 Å². The molecule has 0 unspecified atom stereocenters. The van der Waals surface area contributed by atoms with Crippen molar-refractivity contribution in [1.82, 2.24) is 10.6 Å². The van der Waals surface area contributed by atoms with Crippen molar-refractivity contribution in [2.75, 3.05) is 41.5 Å². The van der Waals surface area contributed by atoms with E-state index in [0.717, 1.165) is 62.0 Å². The molecule has 6 heteroatoms. The molecule has 2 aliphatic rings. The van der Waals surface area contributed by atoms with Crippen LogP contribution in [0.15, 0.2) is 24.3 Å². The topological polar surface area (TPSA) is 61.0 Å². The van der Waals surface area contributed by atoms with Gasteiger partial charge in [-0.05, 0) is 60.8 Å². The first-order valence-electron chi connectivity index (χ1n) is 9.59. The molecule has 0 amide bonds. The van der Waals surface area contributed by atoms with E-state index in [1.807, 2.05) is 6.07 Å². The van der Waals surface area contributed by atoms with Gasteiger partial charge in [-0.25, -0.2) is 0 Å². The van der Waals surface area contributed by atoms with E-state index >= 15 is 0 Å². The van der Waals surface area contributed by atoms with E-state index in [2.05, 4.69) is 28.8 Å². The highest BCUT2D eigenvalue weighted by molar-refractivity contribution is 5.51. The van der Waals surface area contributed by atoms with Crippen molar-refractivity contribution < 1.29 is 18.9 Å². The van der Waals surface area contributed by atoms with E-state index in [1.54, 1.807) is 28.4 Å². The third-order valence-corrected chi connectivity index (χ3v) is 5.21. The van der Waals surface area contributed by atoms with Crippen LogP contribution < -0.4 is 29.6 Å². The SMILES string of the molecule is COc1cc2c(cc1OC)CNCC2.COc1ccc2c(c1OC)CCNC2. The van der Waals surface area contributed by atoms with Gasteiger partial charge < -0.3 is 29.6 Å². The first-order valence-corrected chi connectivity index (χ1v) is 9.59. The first kappa shape index (κ1) is 20.3. The van der Waals surface area contributed by atoms with Crippen LogP contribution in [-0.2, 0) is 25.9 Å². The van der Waals surface area contributed by atoms with Crippen LogP contribution in [0.1, 0.15) is 22.3 Å². The third-order valence-electron chi connectivity index (χ3n) is 5.21. The molecule has 0 aliphatic carbocycles. The second-order valence-corrected chi connectivity index (χ2v) is 6.77. The number of rotatable bonds is 4. The minimum Gasteiger partial charge on any atom is -0.493 e. The number of fused-ring (bicyclic) bond motifs is 2. The number of hydrogen-bond donors (Lipinski definition) is 2. The highest BCUT2D eigenvalue weighted by Gasteiger charge is 2.17. The Morgan fingerprint density at radius 1 is 0.643 bits per heavy atom. The van der Waals surface area contributed by atoms with Gasteiger partial charge in [0.2, 0.25) is 0 Å². The molecule has 0 spiro atoms. The lowest BCUT2D eigenvalue weighted by Gasteiger charge is -2.21. The van der Waals surface area contributed by atoms with E-state index in [9.17, 15) is 0 Å². The maximum atomic E-state index is 5.38. The van der Waals surface area contributed by atoms with Crippen LogP contribution in [0.2, 0.25) is 0 Å². The van der Waals surface area contributed by atoms with E-state index in [4.69, 9.17) is 18.9 Å². The lowest BCUT2D eigenvalue weighted by molar-refractivity contribution is 0.349. The zero-order valence-corrected chi connectivity index (χ0v) is 17.2. The monoisotopic (exact) mass is 386 g/mol. The Morgan fingerprint density at radius 2 is 1.25 bits per heavy atom. The maximum Gasteiger partial charge on any atom is 0.164 e. The van der Waals surface area contributed by atoms with Crippen molar-refractivity contribution in [3.05, 3.63) is 46.5 Å². The normalized spacial score (nSPS) is 14.7. The van der Waals surface area contributed by atoms with Crippen molar-refractivity contribution in [2.45, 2.75) is 25.9 Å². The first-order chi connectivity index (χ1) is 13.7. The zero-order chi connectivity index (χ0) is 19.9. The fraction of sp³-hybridized carbons (Fsp3) is 0.455. The summed E-state index contributed by atoms with van der Waals surface area (Å²) >= 11 is 0. The number of benzene rings is 2. The van der Waals surface area contributed by atoms with Gasteiger partial charge in [0.25, 0.3) is 0 Å². The number of hydrogen-bond acceptors (Lipinski definition) is 6. The van der Waals surface area contributed by atoms with E-state index in [0.29, 0.717) is 0 Å². The van der Waals surface area contributed by atoms with Crippen molar-refractivity contribution in [3.8, 4) is 23.0 Å². The van der Waals surface area contributed by atoms with Crippen molar-refractivity contribution in [2.24, 2.45) is 0 Å². The molecule has 0 radical (unpaired) electrons. The van der Waals surface area contributed by atoms with Gasteiger partial charge in [-0.15, -0.1) is 0 Å². The van der Waals surface area contributed by atoms with Crippen LogP contribution in [0.5, 0.6) is 23.0 Å². The minimum absolute atomic E-state index is 0.815. The largest absolute Gasteiger partial charge is 0.493 e. The zero-order valence-electron chi connectivity index (χ0n) is 17.2. The lowest BCUT2D eigenvalue weighted by atomic mass is 9.99. The molecule has 0 fully saturated rings. The molecule has 0 atom stereocenters. The molecule has 28 heavy (non-hydrogen) atoms. The van der Waals surface area contributed by atoms with E-state index < -0.39 is 0 Å². The summed E-state index contributed by atoms with van der Waals surface area (Å²) in [5, 5.41) is 6.67. The van der Waals surface area contributed by atoms with E-state index in [-0.39, 0.29) is 0 Å². The highest BCUT2D eigenvalue weighted by Crippen LogP contribution is 2.34. The Bertz CT molecular complexity index is 743. The smallest absolute Gasteiger partial charge is 0.164 e. The second-order valence-electron chi connectivity index (χ2n) is 6.77. The molecule has 2 N–H and O–H groups in total. The fourth-order valence-corrected chi connectivity index (χ4v) is 3.71. The summed E-state index contributed by atoms with van der Waals surface area (Å²) in [5.41, 5.74) is 5.27. The van der Waals surface area contributed by atoms with Crippen LogP contribution >= 0.6 is 0 Å². The average molecular weight is 386 g/mol. The van der Waals surface area contributed by atoms with Gasteiger partial charge in [-0.3, -0.25) is 0 Å². The number of nitrogens with one attached hydrogen (secondary N) is 2. The van der Waals surface area contributed by atoms with Crippen molar-refractivity contribution in [3.63, 3.8) is 0 Å². The van der Waals surface area contributed by atoms with Crippen molar-refractivity contribution >= 4 is 0 Å². The molecule has 2 aliphatic heterocycles. The predicted molar refractivity (Wildman–Crippen MR) is 110 cm³/mol. The minimum atomic E-state index is 0.815. The highest BCUT2D eigenvalue weighted by atomic mass is 16.5. The standard InChI is InChI=1S/2C11H15NO2/c1-13-10-5-8-3-4-12-7-9(8)6-11(10)14-2;1-13-10-4-3-8-7-12-6-5-9(8)11(10)14-2/h5-6,12H,3-4,7H2,1-2H3;3-4,12H,5-7H2,1-2H3. The van der Waals surface area contributed by atoms with Gasteiger partial charge >= 0.3 is 0 Å². The van der Waals surface area contributed by atoms with Crippen molar-refractivity contribution in [1.29, 1.82) is 0 Å². The second kappa shape index (κ2) is 9.66. The molecule has 0 saturated carbocycles. The third kappa shape index (κ3) is 4.34. The average Bonchev–Trinajstić information content (AvgIpc) is 2.77. The summed E-state index contributed by atoms with van der Waals surface area (Å²) in [5.74, 6) is 3.36. The Balaban J connectivity index is 0.000000161. The summed E-state index contributed by atoms with van der Waals surface area (Å²) in [7, 11) is 6.71. The molecular weight excluding hydrogens is 356 g/mol. The van der Waals surface area contributed by atoms with E-state index in [1.165, 1.54) is 22.3 Å². The Kier molecular flexibility index (Phi) is 7.01. The Labute approximate surface area is 167 Å². The molecule has 6 nitrogen and oxygen atoms in total. The quantitative estimate of drug-likeness (QED) is 0.843. The number of methoxy groups -OCH3 is 4. The van der Waals surface area contributed by atoms with Crippen LogP contribution in [0.4, 0.5) is 0 Å². The molecule has 2 heterocycles. The molecule has 0 saturated heterocycles. The molecule has 2 aromatic carbocycles. The van der Waals surface area contributed by atoms with Gasteiger partial charge in [0.15, 0.2) is 23.0 Å². The Morgan fingerprint density at radius 3 is 1.89 bits per heavy atom.